The molecule has 3 aromatic carbocycles. The van der Waals surface area contributed by atoms with E-state index in [0.717, 1.165) is 0 Å². The molecule has 1 fully saturated rings. The largest absolute Gasteiger partial charge is 0.326 e. The predicted molar refractivity (Wildman–Crippen MR) is 151 cm³/mol. The number of piperidine rings is 1. The van der Waals surface area contributed by atoms with Gasteiger partial charge in [0.05, 0.1) is 32.3 Å². The van der Waals surface area contributed by atoms with Gasteiger partial charge in [-0.1, -0.05) is 46.9 Å². The third-order valence-corrected chi connectivity index (χ3v) is 10.2. The van der Waals surface area contributed by atoms with Crippen molar-refractivity contribution < 1.29 is 21.6 Å². The molecule has 0 aromatic heterocycles. The predicted octanol–water partition coefficient (Wildman–Crippen LogP) is 5.63. The quantitative estimate of drug-likeness (QED) is 0.341. The molecule has 2 N–H and O–H groups in total. The lowest BCUT2D eigenvalue weighted by Gasteiger charge is -2.31. The maximum atomic E-state index is 13.0. The Hall–Kier alpha value is -2.34. The Balaban J connectivity index is 1.38. The number of nitrogens with one attached hydrogen (secondary N) is 2. The lowest BCUT2D eigenvalue weighted by atomic mass is 9.99. The van der Waals surface area contributed by atoms with Crippen LogP contribution in [0.15, 0.2) is 71.6 Å². The Kier molecular flexibility index (Phi) is 8.91. The minimum atomic E-state index is -3.86. The lowest BCUT2D eigenvalue weighted by molar-refractivity contribution is -0.120. The van der Waals surface area contributed by atoms with Gasteiger partial charge in [-0.15, -0.1) is 0 Å². The second-order valence-electron chi connectivity index (χ2n) is 8.83. The van der Waals surface area contributed by atoms with Crippen LogP contribution >= 0.6 is 34.8 Å². The number of halogens is 3. The number of sulfonamides is 2. The first kappa shape index (κ1) is 28.7. The molecule has 1 heterocycles. The van der Waals surface area contributed by atoms with E-state index < -0.39 is 26.0 Å². The van der Waals surface area contributed by atoms with Gasteiger partial charge in [0.25, 0.3) is 10.0 Å². The van der Waals surface area contributed by atoms with Crippen LogP contribution in [-0.2, 0) is 30.6 Å². The van der Waals surface area contributed by atoms with Crippen LogP contribution in [0.4, 0.5) is 11.4 Å². The Morgan fingerprint density at radius 1 is 0.895 bits per heavy atom. The number of benzene rings is 3. The summed E-state index contributed by atoms with van der Waals surface area (Å²) in [5.74, 6) is -1.15. The standard InChI is InChI=1S/C25H24Cl3N3O5S2/c26-19-4-1-5-21(14-19)30-38(35,36)22-9-7-20(8-10-22)29-25(32)18-3-2-12-31(15-18)37(33,34)16-17-6-11-23(27)24(28)13-17/h1,4-11,13-14,18,30H,2-3,12,15-16H2,(H,29,32)/t18-/m0/s1. The highest BCUT2D eigenvalue weighted by molar-refractivity contribution is 7.92. The summed E-state index contributed by atoms with van der Waals surface area (Å²) in [6.45, 7) is 0.366. The van der Waals surface area contributed by atoms with E-state index in [1.54, 1.807) is 30.3 Å². The summed E-state index contributed by atoms with van der Waals surface area (Å²) >= 11 is 17.8. The second-order valence-corrected chi connectivity index (χ2v) is 13.7. The zero-order valence-electron chi connectivity index (χ0n) is 19.9. The number of carbonyl (C=O) groups excluding carboxylic acids is 1. The Morgan fingerprint density at radius 2 is 1.63 bits per heavy atom. The summed E-state index contributed by atoms with van der Waals surface area (Å²) in [5, 5.41) is 3.76. The fraction of sp³-hybridized carbons (Fsp3) is 0.240. The van der Waals surface area contributed by atoms with Crippen LogP contribution in [0.2, 0.25) is 15.1 Å². The molecule has 38 heavy (non-hydrogen) atoms. The molecule has 4 rings (SSSR count). The lowest BCUT2D eigenvalue weighted by Crippen LogP contribution is -2.44. The minimum absolute atomic E-state index is 0.00714. The fourth-order valence-electron chi connectivity index (χ4n) is 4.07. The van der Waals surface area contributed by atoms with Gasteiger partial charge in [0.2, 0.25) is 15.9 Å². The first-order valence-corrected chi connectivity index (χ1v) is 15.8. The molecule has 1 atom stereocenters. The first-order chi connectivity index (χ1) is 17.9. The second kappa shape index (κ2) is 11.8. The molecule has 0 unspecified atom stereocenters. The highest BCUT2D eigenvalue weighted by atomic mass is 35.5. The summed E-state index contributed by atoms with van der Waals surface area (Å²) in [5.41, 5.74) is 1.23. The zero-order valence-corrected chi connectivity index (χ0v) is 23.8. The van der Waals surface area contributed by atoms with Crippen LogP contribution < -0.4 is 10.0 Å². The smallest absolute Gasteiger partial charge is 0.261 e. The molecule has 202 valence electrons. The van der Waals surface area contributed by atoms with Gasteiger partial charge in [0.1, 0.15) is 0 Å². The SMILES string of the molecule is O=C(Nc1ccc(S(=O)(=O)Nc2cccc(Cl)c2)cc1)[C@H]1CCCN(S(=O)(=O)Cc2ccc(Cl)c(Cl)c2)C1. The summed E-state index contributed by atoms with van der Waals surface area (Å²) in [6, 6.07) is 16.7. The van der Waals surface area contributed by atoms with Gasteiger partial charge in [-0.3, -0.25) is 9.52 Å². The van der Waals surface area contributed by atoms with Crippen LogP contribution in [0, 0.1) is 5.92 Å². The number of nitrogens with zero attached hydrogens (tertiary/aromatic N) is 1. The van der Waals surface area contributed by atoms with E-state index in [9.17, 15) is 21.6 Å². The average molecular weight is 617 g/mol. The van der Waals surface area contributed by atoms with E-state index in [2.05, 4.69) is 10.0 Å². The zero-order chi connectivity index (χ0) is 27.5. The third-order valence-electron chi connectivity index (χ3n) is 5.99. The average Bonchev–Trinajstić information content (AvgIpc) is 2.86. The van der Waals surface area contributed by atoms with Crippen molar-refractivity contribution in [1.82, 2.24) is 4.31 Å². The number of anilines is 2. The number of amides is 1. The molecule has 3 aromatic rings. The number of rotatable bonds is 8. The Bertz CT molecular complexity index is 1550. The van der Waals surface area contributed by atoms with Crippen molar-refractivity contribution in [3.05, 3.63) is 87.4 Å². The van der Waals surface area contributed by atoms with E-state index in [0.29, 0.717) is 46.4 Å². The molecule has 1 aliphatic heterocycles. The van der Waals surface area contributed by atoms with Gasteiger partial charge in [-0.2, -0.15) is 0 Å². The summed E-state index contributed by atoms with van der Waals surface area (Å²) in [6.07, 6.45) is 1.06. The Morgan fingerprint density at radius 3 is 2.32 bits per heavy atom. The number of hydrogen-bond acceptors (Lipinski definition) is 5. The summed E-state index contributed by atoms with van der Waals surface area (Å²) in [4.78, 5) is 12.9. The molecule has 0 saturated carbocycles. The van der Waals surface area contributed by atoms with E-state index in [1.807, 2.05) is 0 Å². The number of carbonyl (C=O) groups is 1. The van der Waals surface area contributed by atoms with Crippen molar-refractivity contribution in [2.75, 3.05) is 23.1 Å². The van der Waals surface area contributed by atoms with Crippen LogP contribution in [0.3, 0.4) is 0 Å². The molecule has 13 heteroatoms. The van der Waals surface area contributed by atoms with Gasteiger partial charge in [-0.05, 0) is 73.0 Å². The maximum absolute atomic E-state index is 13.0. The summed E-state index contributed by atoms with van der Waals surface area (Å²) in [7, 11) is -7.55. The van der Waals surface area contributed by atoms with Crippen LogP contribution in [-0.4, -0.2) is 40.1 Å². The first-order valence-electron chi connectivity index (χ1n) is 11.5. The van der Waals surface area contributed by atoms with Crippen molar-refractivity contribution in [3.63, 3.8) is 0 Å². The van der Waals surface area contributed by atoms with E-state index in [-0.39, 0.29) is 28.1 Å². The summed E-state index contributed by atoms with van der Waals surface area (Å²) < 4.78 is 55.1. The number of hydrogen-bond donors (Lipinski definition) is 2. The van der Waals surface area contributed by atoms with Crippen molar-refractivity contribution in [2.24, 2.45) is 5.92 Å². The highest BCUT2D eigenvalue weighted by Gasteiger charge is 2.32. The molecule has 0 bridgehead atoms. The topological polar surface area (TPSA) is 113 Å². The monoisotopic (exact) mass is 615 g/mol. The molecular weight excluding hydrogens is 593 g/mol. The molecule has 1 saturated heterocycles. The molecule has 1 amide bonds. The molecule has 0 radical (unpaired) electrons. The Labute approximate surface area is 237 Å². The van der Waals surface area contributed by atoms with Crippen LogP contribution in [0.25, 0.3) is 0 Å². The highest BCUT2D eigenvalue weighted by Crippen LogP contribution is 2.27. The van der Waals surface area contributed by atoms with E-state index >= 15 is 0 Å². The van der Waals surface area contributed by atoms with Crippen molar-refractivity contribution >= 4 is 72.1 Å². The minimum Gasteiger partial charge on any atom is -0.326 e. The maximum Gasteiger partial charge on any atom is 0.261 e. The van der Waals surface area contributed by atoms with Crippen molar-refractivity contribution in [2.45, 2.75) is 23.5 Å². The van der Waals surface area contributed by atoms with Crippen molar-refractivity contribution in [1.29, 1.82) is 0 Å². The molecule has 1 aliphatic rings. The molecular formula is C25H24Cl3N3O5S2. The van der Waals surface area contributed by atoms with Gasteiger partial charge >= 0.3 is 0 Å². The van der Waals surface area contributed by atoms with Gasteiger partial charge in [0.15, 0.2) is 0 Å². The van der Waals surface area contributed by atoms with E-state index in [1.165, 1.54) is 40.7 Å². The van der Waals surface area contributed by atoms with Crippen LogP contribution in [0.1, 0.15) is 18.4 Å². The van der Waals surface area contributed by atoms with E-state index in [4.69, 9.17) is 34.8 Å². The van der Waals surface area contributed by atoms with Gasteiger partial charge in [0, 0.05) is 23.8 Å². The third kappa shape index (κ3) is 7.19. The molecule has 8 nitrogen and oxygen atoms in total. The molecule has 0 spiro atoms. The van der Waals surface area contributed by atoms with Crippen LogP contribution in [0.5, 0.6) is 0 Å². The van der Waals surface area contributed by atoms with Crippen molar-refractivity contribution in [3.8, 4) is 0 Å². The van der Waals surface area contributed by atoms with Gasteiger partial charge < -0.3 is 5.32 Å². The van der Waals surface area contributed by atoms with Gasteiger partial charge in [-0.25, -0.2) is 21.1 Å². The fourth-order valence-corrected chi connectivity index (χ4v) is 7.23. The normalized spacial score (nSPS) is 16.7. The molecule has 0 aliphatic carbocycles.